The number of hydrogen-bond donors (Lipinski definition) is 4. The Morgan fingerprint density at radius 1 is 1.12 bits per heavy atom. The van der Waals surface area contributed by atoms with E-state index in [1.54, 1.807) is 27.7 Å². The Morgan fingerprint density at radius 2 is 1.86 bits per heavy atom. The van der Waals surface area contributed by atoms with Gasteiger partial charge in [-0.25, -0.2) is 4.79 Å². The zero-order valence-corrected chi connectivity index (χ0v) is 24.3. The molecule has 1 aliphatic heterocycles. The Labute approximate surface area is 245 Å². The van der Waals surface area contributed by atoms with E-state index in [0.29, 0.717) is 18.7 Å². The number of aryl methyl sites for hydroxylation is 1. The van der Waals surface area contributed by atoms with Gasteiger partial charge in [0.15, 0.2) is 5.69 Å². The van der Waals surface area contributed by atoms with Gasteiger partial charge in [0.05, 0.1) is 6.61 Å². The molecule has 1 fully saturated rings. The number of rotatable bonds is 14. The van der Waals surface area contributed by atoms with Gasteiger partial charge in [-0.1, -0.05) is 55.4 Å². The summed E-state index contributed by atoms with van der Waals surface area (Å²) in [6, 6.07) is 7.96. The molecule has 1 aliphatic rings. The van der Waals surface area contributed by atoms with E-state index < -0.39 is 41.8 Å². The molecule has 0 spiro atoms. The van der Waals surface area contributed by atoms with E-state index in [1.165, 1.54) is 18.2 Å². The normalized spacial score (nSPS) is 16.9. The van der Waals surface area contributed by atoms with Gasteiger partial charge < -0.3 is 30.5 Å². The molecule has 0 radical (unpaired) electrons. The smallest absolute Gasteiger partial charge is 0.330 e. The van der Waals surface area contributed by atoms with Crippen molar-refractivity contribution in [1.82, 2.24) is 26.4 Å². The van der Waals surface area contributed by atoms with Crippen LogP contribution in [0.5, 0.6) is 0 Å². The van der Waals surface area contributed by atoms with Crippen molar-refractivity contribution >= 4 is 29.6 Å². The van der Waals surface area contributed by atoms with Gasteiger partial charge in [0.1, 0.15) is 17.8 Å². The molecule has 0 saturated carbocycles. The van der Waals surface area contributed by atoms with Gasteiger partial charge in [-0.15, -0.1) is 0 Å². The van der Waals surface area contributed by atoms with Gasteiger partial charge in [0.25, 0.3) is 5.91 Å². The zero-order valence-electron chi connectivity index (χ0n) is 24.3. The fraction of sp³-hybridized carbons (Fsp3) is 0.467. The fourth-order valence-corrected chi connectivity index (χ4v) is 4.57. The van der Waals surface area contributed by atoms with Crippen molar-refractivity contribution in [1.29, 1.82) is 0 Å². The van der Waals surface area contributed by atoms with Crippen molar-refractivity contribution in [3.8, 4) is 0 Å². The van der Waals surface area contributed by atoms with Crippen LogP contribution in [-0.2, 0) is 30.3 Å². The van der Waals surface area contributed by atoms with Crippen LogP contribution >= 0.6 is 0 Å². The van der Waals surface area contributed by atoms with Crippen LogP contribution in [0.3, 0.4) is 0 Å². The van der Waals surface area contributed by atoms with Crippen LogP contribution in [0.1, 0.15) is 55.4 Å². The standard InChI is InChI=1S/C30H39N5O7/c1-5-41-25(36)12-11-22(17-21-13-14-31-27(21)37)32-28(38)23(16-20-9-7-6-8-10-20)33-30(40)26(18(2)3)34-29(39)24-15-19(4)42-35-24/h6-12,15,18,21-23,26H,5,13-14,16-17H2,1-4H3,(H,31,37)(H,32,38)(H,33,40)(H,34,39)/b12-11+. The number of amides is 4. The first-order valence-corrected chi connectivity index (χ1v) is 14.1. The van der Waals surface area contributed by atoms with E-state index in [4.69, 9.17) is 9.26 Å². The Morgan fingerprint density at radius 3 is 2.45 bits per heavy atom. The number of carbonyl (C=O) groups is 5. The van der Waals surface area contributed by atoms with Crippen molar-refractivity contribution in [2.24, 2.45) is 11.8 Å². The van der Waals surface area contributed by atoms with Crippen LogP contribution in [0.4, 0.5) is 0 Å². The highest BCUT2D eigenvalue weighted by molar-refractivity contribution is 5.97. The highest BCUT2D eigenvalue weighted by Crippen LogP contribution is 2.17. The summed E-state index contributed by atoms with van der Waals surface area (Å²) in [5, 5.41) is 14.8. The average Bonchev–Trinajstić information content (AvgIpc) is 3.57. The quantitative estimate of drug-likeness (QED) is 0.193. The van der Waals surface area contributed by atoms with Crippen LogP contribution < -0.4 is 21.3 Å². The van der Waals surface area contributed by atoms with Crippen molar-refractivity contribution in [2.75, 3.05) is 13.2 Å². The molecule has 4 unspecified atom stereocenters. The summed E-state index contributed by atoms with van der Waals surface area (Å²) in [6.07, 6.45) is 3.75. The van der Waals surface area contributed by atoms with Crippen LogP contribution in [0.15, 0.2) is 53.1 Å². The van der Waals surface area contributed by atoms with Crippen molar-refractivity contribution in [3.63, 3.8) is 0 Å². The van der Waals surface area contributed by atoms with Gasteiger partial charge in [-0.2, -0.15) is 0 Å². The monoisotopic (exact) mass is 581 g/mol. The molecule has 12 heteroatoms. The van der Waals surface area contributed by atoms with Gasteiger partial charge in [0, 0.05) is 37.1 Å². The summed E-state index contributed by atoms with van der Waals surface area (Å²) in [6.45, 7) is 7.61. The van der Waals surface area contributed by atoms with E-state index in [1.807, 2.05) is 30.3 Å². The van der Waals surface area contributed by atoms with Gasteiger partial charge in [-0.05, 0) is 38.2 Å². The summed E-state index contributed by atoms with van der Waals surface area (Å²) in [4.78, 5) is 64.1. The van der Waals surface area contributed by atoms with Crippen LogP contribution in [0.25, 0.3) is 0 Å². The Bertz CT molecular complexity index is 1270. The van der Waals surface area contributed by atoms with E-state index in [-0.39, 0.29) is 42.9 Å². The van der Waals surface area contributed by atoms with E-state index in [2.05, 4.69) is 26.4 Å². The third-order valence-electron chi connectivity index (χ3n) is 6.79. The topological polar surface area (TPSA) is 169 Å². The first kappa shape index (κ1) is 32.0. The van der Waals surface area contributed by atoms with Gasteiger partial charge >= 0.3 is 5.97 Å². The van der Waals surface area contributed by atoms with Crippen LogP contribution in [-0.4, -0.2) is 66.0 Å². The second-order valence-corrected chi connectivity index (χ2v) is 10.5. The lowest BCUT2D eigenvalue weighted by Gasteiger charge is -2.26. The average molecular weight is 582 g/mol. The molecule has 4 N–H and O–H groups in total. The molecule has 1 aromatic carbocycles. The Balaban J connectivity index is 1.80. The number of esters is 1. The molecular formula is C30H39N5O7. The van der Waals surface area contributed by atoms with Crippen molar-refractivity contribution in [3.05, 3.63) is 65.6 Å². The molecule has 42 heavy (non-hydrogen) atoms. The number of nitrogens with one attached hydrogen (secondary N) is 4. The molecule has 3 rings (SSSR count). The molecule has 2 heterocycles. The predicted octanol–water partition coefficient (Wildman–Crippen LogP) is 1.60. The number of nitrogens with zero attached hydrogens (tertiary/aromatic N) is 1. The lowest BCUT2D eigenvalue weighted by atomic mass is 9.97. The molecule has 226 valence electrons. The highest BCUT2D eigenvalue weighted by Gasteiger charge is 2.32. The maximum atomic E-state index is 13.7. The summed E-state index contributed by atoms with van der Waals surface area (Å²) in [7, 11) is 0. The van der Waals surface area contributed by atoms with Gasteiger partial charge in [0.2, 0.25) is 17.7 Å². The Kier molecular flexibility index (Phi) is 11.8. The van der Waals surface area contributed by atoms with E-state index in [0.717, 1.165) is 5.56 Å². The number of ether oxygens (including phenoxy) is 1. The molecule has 1 saturated heterocycles. The Hall–Kier alpha value is -4.48. The maximum absolute atomic E-state index is 13.7. The molecule has 12 nitrogen and oxygen atoms in total. The second-order valence-electron chi connectivity index (χ2n) is 10.5. The third kappa shape index (κ3) is 9.57. The number of aromatic nitrogens is 1. The SMILES string of the molecule is CCOC(=O)/C=C/C(CC1CCNC1=O)NC(=O)C(Cc1ccccc1)NC(=O)C(NC(=O)c1cc(C)on1)C(C)C. The first-order chi connectivity index (χ1) is 20.1. The van der Waals surface area contributed by atoms with E-state index in [9.17, 15) is 24.0 Å². The molecule has 2 aromatic rings. The summed E-state index contributed by atoms with van der Waals surface area (Å²) in [5.41, 5.74) is 0.839. The summed E-state index contributed by atoms with van der Waals surface area (Å²) in [5.74, 6) is -2.54. The third-order valence-corrected chi connectivity index (χ3v) is 6.79. The largest absolute Gasteiger partial charge is 0.463 e. The lowest BCUT2D eigenvalue weighted by molar-refractivity contribution is -0.137. The van der Waals surface area contributed by atoms with Crippen LogP contribution in [0.2, 0.25) is 0 Å². The zero-order chi connectivity index (χ0) is 30.6. The molecular weight excluding hydrogens is 542 g/mol. The van der Waals surface area contributed by atoms with Crippen LogP contribution in [0, 0.1) is 18.8 Å². The molecule has 4 atom stereocenters. The fourth-order valence-electron chi connectivity index (χ4n) is 4.57. The van der Waals surface area contributed by atoms with E-state index >= 15 is 0 Å². The van der Waals surface area contributed by atoms with Gasteiger partial charge in [-0.3, -0.25) is 19.2 Å². The minimum absolute atomic E-state index is 0.0386. The van der Waals surface area contributed by atoms with Crippen molar-refractivity contribution in [2.45, 2.75) is 65.1 Å². The summed E-state index contributed by atoms with van der Waals surface area (Å²) < 4.78 is 9.93. The minimum Gasteiger partial charge on any atom is -0.463 e. The predicted molar refractivity (Wildman–Crippen MR) is 153 cm³/mol. The minimum atomic E-state index is -1.02. The number of hydrogen-bond acceptors (Lipinski definition) is 8. The first-order valence-electron chi connectivity index (χ1n) is 14.1. The molecule has 4 amide bonds. The number of benzene rings is 1. The molecule has 0 aliphatic carbocycles. The molecule has 1 aromatic heterocycles. The number of carbonyl (C=O) groups excluding carboxylic acids is 5. The highest BCUT2D eigenvalue weighted by atomic mass is 16.5. The second kappa shape index (κ2) is 15.5. The maximum Gasteiger partial charge on any atom is 0.330 e. The lowest BCUT2D eigenvalue weighted by Crippen LogP contribution is -2.57. The molecule has 0 bridgehead atoms. The van der Waals surface area contributed by atoms with Crippen molar-refractivity contribution < 1.29 is 33.2 Å². The summed E-state index contributed by atoms with van der Waals surface area (Å²) >= 11 is 0.